The maximum atomic E-state index is 11.4. The van der Waals surface area contributed by atoms with Crippen molar-refractivity contribution < 1.29 is 5.11 Å². The van der Waals surface area contributed by atoms with Gasteiger partial charge in [0.05, 0.1) is 5.60 Å². The second-order valence-electron chi connectivity index (χ2n) is 7.52. The van der Waals surface area contributed by atoms with E-state index in [-0.39, 0.29) is 0 Å². The smallest absolute Gasteiger partial charge is 0.0927 e. The summed E-state index contributed by atoms with van der Waals surface area (Å²) < 4.78 is 0. The van der Waals surface area contributed by atoms with Crippen LogP contribution >= 0.6 is 0 Å². The number of aryl methyl sites for hydroxylation is 1. The topological polar surface area (TPSA) is 36.4 Å². The molecule has 24 heavy (non-hydrogen) atoms. The summed E-state index contributed by atoms with van der Waals surface area (Å²) in [6.45, 7) is 3.00. The van der Waals surface area contributed by atoms with Crippen LogP contribution in [0.1, 0.15) is 48.9 Å². The number of aliphatic hydroxyl groups is 1. The number of hydrogen-bond acceptors (Lipinski definition) is 3. The van der Waals surface area contributed by atoms with E-state index in [4.69, 9.17) is 0 Å². The molecule has 0 saturated carbocycles. The maximum Gasteiger partial charge on any atom is 0.0927 e. The van der Waals surface area contributed by atoms with Crippen LogP contribution in [0.4, 0.5) is 0 Å². The van der Waals surface area contributed by atoms with Crippen molar-refractivity contribution in [3.05, 3.63) is 65.5 Å². The molecule has 2 aliphatic rings. The Kier molecular flexibility index (Phi) is 4.15. The van der Waals surface area contributed by atoms with Crippen LogP contribution < -0.4 is 0 Å². The molecule has 3 nitrogen and oxygen atoms in total. The Balaban J connectivity index is 1.58. The van der Waals surface area contributed by atoms with Crippen molar-refractivity contribution in [1.82, 2.24) is 9.88 Å². The van der Waals surface area contributed by atoms with Gasteiger partial charge in [0, 0.05) is 30.5 Å². The highest BCUT2D eigenvalue weighted by Crippen LogP contribution is 2.44. The molecule has 1 aromatic carbocycles. The third-order valence-corrected chi connectivity index (χ3v) is 5.80. The molecule has 0 aliphatic carbocycles. The predicted octanol–water partition coefficient (Wildman–Crippen LogP) is 3.79. The Bertz CT molecular complexity index is 686. The molecule has 1 aromatic heterocycles. The van der Waals surface area contributed by atoms with Crippen LogP contribution in [0, 0.1) is 6.92 Å². The van der Waals surface area contributed by atoms with Crippen LogP contribution in [-0.4, -0.2) is 27.1 Å². The number of hydrogen-bond donors (Lipinski definition) is 1. The average molecular weight is 322 g/mol. The molecular formula is C21H26N2O. The third-order valence-electron chi connectivity index (χ3n) is 5.80. The van der Waals surface area contributed by atoms with Gasteiger partial charge in [-0.15, -0.1) is 0 Å². The van der Waals surface area contributed by atoms with Crippen molar-refractivity contribution in [3.8, 4) is 0 Å². The Morgan fingerprint density at radius 1 is 1.12 bits per heavy atom. The highest BCUT2D eigenvalue weighted by atomic mass is 16.3. The summed E-state index contributed by atoms with van der Waals surface area (Å²) in [6.07, 6.45) is 7.16. The standard InChI is InChI=1S/C21H26N2O/c1-16-12-18(10-11-22-16)21(24)13-19-8-5-9-20(14-21)23(19)15-17-6-3-2-4-7-17/h2-4,6-7,10-12,19-20,24H,5,8-9,13-15H2,1H3. The Labute approximate surface area is 144 Å². The van der Waals surface area contributed by atoms with E-state index in [0.29, 0.717) is 12.1 Å². The molecule has 2 fully saturated rings. The lowest BCUT2D eigenvalue weighted by molar-refractivity contribution is -0.0999. The van der Waals surface area contributed by atoms with Crippen LogP contribution in [-0.2, 0) is 12.1 Å². The molecule has 2 atom stereocenters. The van der Waals surface area contributed by atoms with Crippen LogP contribution in [0.2, 0.25) is 0 Å². The quantitative estimate of drug-likeness (QED) is 0.934. The largest absolute Gasteiger partial charge is 0.385 e. The van der Waals surface area contributed by atoms with E-state index in [2.05, 4.69) is 46.3 Å². The van der Waals surface area contributed by atoms with E-state index in [1.807, 2.05) is 19.2 Å². The maximum absolute atomic E-state index is 11.4. The van der Waals surface area contributed by atoms with Crippen molar-refractivity contribution in [2.24, 2.45) is 0 Å². The summed E-state index contributed by atoms with van der Waals surface area (Å²) in [5.41, 5.74) is 2.71. The molecule has 1 N–H and O–H groups in total. The molecule has 126 valence electrons. The van der Waals surface area contributed by atoms with Crippen molar-refractivity contribution >= 4 is 0 Å². The van der Waals surface area contributed by atoms with E-state index in [1.54, 1.807) is 0 Å². The average Bonchev–Trinajstić information content (AvgIpc) is 2.57. The number of aromatic nitrogens is 1. The van der Waals surface area contributed by atoms with Gasteiger partial charge in [0.2, 0.25) is 0 Å². The monoisotopic (exact) mass is 322 g/mol. The van der Waals surface area contributed by atoms with Crippen LogP contribution in [0.15, 0.2) is 48.7 Å². The summed E-state index contributed by atoms with van der Waals surface area (Å²) in [5, 5.41) is 11.4. The number of piperidine rings is 2. The lowest BCUT2D eigenvalue weighted by Crippen LogP contribution is -2.56. The molecule has 0 amide bonds. The molecule has 0 spiro atoms. The molecule has 3 heterocycles. The normalized spacial score (nSPS) is 30.2. The summed E-state index contributed by atoms with van der Waals surface area (Å²) in [7, 11) is 0. The first-order valence-electron chi connectivity index (χ1n) is 9.09. The van der Waals surface area contributed by atoms with Crippen molar-refractivity contribution in [1.29, 1.82) is 0 Å². The number of pyridine rings is 1. The van der Waals surface area contributed by atoms with Crippen LogP contribution in [0.5, 0.6) is 0 Å². The molecule has 2 aromatic rings. The van der Waals surface area contributed by atoms with Crippen molar-refractivity contribution in [3.63, 3.8) is 0 Å². The van der Waals surface area contributed by atoms with Gasteiger partial charge < -0.3 is 5.11 Å². The van der Waals surface area contributed by atoms with E-state index in [0.717, 1.165) is 30.6 Å². The SMILES string of the molecule is Cc1cc(C2(O)CC3CCCC(C2)N3Cc2ccccc2)ccn1. The van der Waals surface area contributed by atoms with Crippen LogP contribution in [0.25, 0.3) is 0 Å². The zero-order valence-electron chi connectivity index (χ0n) is 14.4. The van der Waals surface area contributed by atoms with Gasteiger partial charge in [-0.1, -0.05) is 36.8 Å². The highest BCUT2D eigenvalue weighted by Gasteiger charge is 2.46. The number of fused-ring (bicyclic) bond motifs is 2. The minimum atomic E-state index is -0.698. The zero-order chi connectivity index (χ0) is 16.6. The van der Waals surface area contributed by atoms with E-state index < -0.39 is 5.60 Å². The second kappa shape index (κ2) is 6.30. The third kappa shape index (κ3) is 2.99. The lowest BCUT2D eigenvalue weighted by atomic mass is 9.72. The summed E-state index contributed by atoms with van der Waals surface area (Å²) in [6, 6.07) is 15.7. The molecule has 4 rings (SSSR count). The number of nitrogens with zero attached hydrogens (tertiary/aromatic N) is 2. The van der Waals surface area contributed by atoms with Gasteiger partial charge in [-0.2, -0.15) is 0 Å². The number of benzene rings is 1. The molecule has 2 unspecified atom stereocenters. The number of rotatable bonds is 3. The van der Waals surface area contributed by atoms with Crippen molar-refractivity contribution in [2.75, 3.05) is 0 Å². The molecular weight excluding hydrogens is 296 g/mol. The van der Waals surface area contributed by atoms with E-state index in [1.165, 1.54) is 24.8 Å². The molecule has 3 heteroatoms. The van der Waals surface area contributed by atoms with Gasteiger partial charge in [-0.25, -0.2) is 0 Å². The highest BCUT2D eigenvalue weighted by molar-refractivity contribution is 5.25. The first kappa shape index (κ1) is 15.8. The van der Waals surface area contributed by atoms with Gasteiger partial charge in [-0.3, -0.25) is 9.88 Å². The summed E-state index contributed by atoms with van der Waals surface area (Å²) in [5.74, 6) is 0. The van der Waals surface area contributed by atoms with Gasteiger partial charge in [-0.05, 0) is 55.9 Å². The fourth-order valence-corrected chi connectivity index (χ4v) is 4.64. The first-order chi connectivity index (χ1) is 11.6. The zero-order valence-corrected chi connectivity index (χ0v) is 14.4. The Morgan fingerprint density at radius 2 is 1.83 bits per heavy atom. The van der Waals surface area contributed by atoms with Crippen LogP contribution in [0.3, 0.4) is 0 Å². The Hall–Kier alpha value is -1.71. The predicted molar refractivity (Wildman–Crippen MR) is 95.5 cm³/mol. The van der Waals surface area contributed by atoms with Gasteiger partial charge in [0.15, 0.2) is 0 Å². The van der Waals surface area contributed by atoms with Crippen molar-refractivity contribution in [2.45, 2.75) is 63.3 Å². The fourth-order valence-electron chi connectivity index (χ4n) is 4.64. The fraction of sp³-hybridized carbons (Fsp3) is 0.476. The molecule has 2 bridgehead atoms. The minimum absolute atomic E-state index is 0.469. The van der Waals surface area contributed by atoms with E-state index in [9.17, 15) is 5.11 Å². The lowest BCUT2D eigenvalue weighted by Gasteiger charge is -2.52. The molecule has 2 saturated heterocycles. The second-order valence-corrected chi connectivity index (χ2v) is 7.52. The molecule has 2 aliphatic heterocycles. The minimum Gasteiger partial charge on any atom is -0.385 e. The summed E-state index contributed by atoms with van der Waals surface area (Å²) >= 11 is 0. The summed E-state index contributed by atoms with van der Waals surface area (Å²) in [4.78, 5) is 6.93. The molecule has 0 radical (unpaired) electrons. The van der Waals surface area contributed by atoms with Gasteiger partial charge in [0.1, 0.15) is 0 Å². The Morgan fingerprint density at radius 3 is 2.50 bits per heavy atom. The first-order valence-corrected chi connectivity index (χ1v) is 9.09. The van der Waals surface area contributed by atoms with Gasteiger partial charge in [0.25, 0.3) is 0 Å². The van der Waals surface area contributed by atoms with Gasteiger partial charge >= 0.3 is 0 Å². The van der Waals surface area contributed by atoms with E-state index >= 15 is 0 Å².